The van der Waals surface area contributed by atoms with Gasteiger partial charge in [-0.25, -0.2) is 8.78 Å². The molecule has 0 amide bonds. The number of likely N-dealkylation sites (N-methyl/N-ethyl adjacent to an activating group) is 1. The third-order valence-electron chi connectivity index (χ3n) is 3.37. The van der Waals surface area contributed by atoms with Crippen LogP contribution in [-0.4, -0.2) is 13.7 Å². The molecule has 4 heteroatoms. The largest absolute Gasteiger partial charge is 0.496 e. The third-order valence-corrected chi connectivity index (χ3v) is 3.37. The summed E-state index contributed by atoms with van der Waals surface area (Å²) in [6.45, 7) is 2.73. The van der Waals surface area contributed by atoms with E-state index in [4.69, 9.17) is 4.74 Å². The van der Waals surface area contributed by atoms with Crippen molar-refractivity contribution in [3.05, 3.63) is 65.2 Å². The monoisotopic (exact) mass is 291 g/mol. The summed E-state index contributed by atoms with van der Waals surface area (Å²) >= 11 is 0. The second-order valence-electron chi connectivity index (χ2n) is 4.83. The van der Waals surface area contributed by atoms with E-state index < -0.39 is 0 Å². The Balaban J connectivity index is 2.30. The highest BCUT2D eigenvalue weighted by atomic mass is 19.1. The third kappa shape index (κ3) is 4.02. The van der Waals surface area contributed by atoms with Gasteiger partial charge in [0.2, 0.25) is 0 Å². The minimum absolute atomic E-state index is 0.0916. The molecule has 21 heavy (non-hydrogen) atoms. The number of nitrogens with one attached hydrogen (secondary N) is 1. The number of hydrogen-bond acceptors (Lipinski definition) is 2. The molecule has 2 rings (SSSR count). The van der Waals surface area contributed by atoms with Crippen LogP contribution in [0, 0.1) is 11.6 Å². The lowest BCUT2D eigenvalue weighted by atomic mass is 9.97. The highest BCUT2D eigenvalue weighted by molar-refractivity contribution is 5.37. The maximum atomic E-state index is 13.5. The molecule has 0 fully saturated rings. The quantitative estimate of drug-likeness (QED) is 0.872. The highest BCUT2D eigenvalue weighted by Gasteiger charge is 2.17. The lowest BCUT2D eigenvalue weighted by molar-refractivity contribution is 0.397. The van der Waals surface area contributed by atoms with Gasteiger partial charge in [0.05, 0.1) is 7.11 Å². The van der Waals surface area contributed by atoms with Crippen molar-refractivity contribution in [1.82, 2.24) is 5.32 Å². The van der Waals surface area contributed by atoms with E-state index in [1.807, 2.05) is 6.92 Å². The van der Waals surface area contributed by atoms with Crippen LogP contribution in [0.15, 0.2) is 42.5 Å². The Morgan fingerprint density at radius 1 is 1.05 bits per heavy atom. The van der Waals surface area contributed by atoms with Crippen LogP contribution >= 0.6 is 0 Å². The first-order valence-corrected chi connectivity index (χ1v) is 6.95. The normalized spacial score (nSPS) is 12.2. The van der Waals surface area contributed by atoms with Crippen molar-refractivity contribution in [2.24, 2.45) is 0 Å². The summed E-state index contributed by atoms with van der Waals surface area (Å²) in [5, 5.41) is 3.32. The average molecular weight is 291 g/mol. The predicted octanol–water partition coefficient (Wildman–Crippen LogP) is 3.87. The summed E-state index contributed by atoms with van der Waals surface area (Å²) < 4.78 is 31.8. The Morgan fingerprint density at radius 2 is 1.71 bits per heavy atom. The molecule has 0 radical (unpaired) electrons. The van der Waals surface area contributed by atoms with E-state index in [9.17, 15) is 8.78 Å². The van der Waals surface area contributed by atoms with Crippen molar-refractivity contribution in [1.29, 1.82) is 0 Å². The molecule has 2 aromatic carbocycles. The van der Waals surface area contributed by atoms with Crippen LogP contribution in [0.5, 0.6) is 5.75 Å². The summed E-state index contributed by atoms with van der Waals surface area (Å²) in [5.41, 5.74) is 1.75. The number of methoxy groups -OCH3 is 1. The second kappa shape index (κ2) is 7.18. The zero-order valence-electron chi connectivity index (χ0n) is 12.2. The van der Waals surface area contributed by atoms with Gasteiger partial charge < -0.3 is 10.1 Å². The van der Waals surface area contributed by atoms with Crippen molar-refractivity contribution >= 4 is 0 Å². The van der Waals surface area contributed by atoms with Gasteiger partial charge in [0.25, 0.3) is 0 Å². The molecular weight excluding hydrogens is 272 g/mol. The van der Waals surface area contributed by atoms with Crippen molar-refractivity contribution in [2.75, 3.05) is 13.7 Å². The standard InChI is InChI=1S/C17H19F2NO/c1-3-20-16(10-12-4-6-13(18)7-5-12)15-11-14(19)8-9-17(15)21-2/h4-9,11,16,20H,3,10H2,1-2H3. The van der Waals surface area contributed by atoms with Crippen LogP contribution in [0.4, 0.5) is 8.78 Å². The van der Waals surface area contributed by atoms with Gasteiger partial charge in [0.1, 0.15) is 17.4 Å². The summed E-state index contributed by atoms with van der Waals surface area (Å²) in [7, 11) is 1.57. The molecule has 0 spiro atoms. The van der Waals surface area contributed by atoms with Gasteiger partial charge in [-0.05, 0) is 48.9 Å². The van der Waals surface area contributed by atoms with E-state index in [0.29, 0.717) is 12.2 Å². The lowest BCUT2D eigenvalue weighted by Crippen LogP contribution is -2.23. The van der Waals surface area contributed by atoms with E-state index in [2.05, 4.69) is 5.32 Å². The molecule has 2 nitrogen and oxygen atoms in total. The van der Waals surface area contributed by atoms with Gasteiger partial charge in [-0.2, -0.15) is 0 Å². The number of rotatable bonds is 6. The molecule has 0 aliphatic carbocycles. The molecule has 0 heterocycles. The van der Waals surface area contributed by atoms with Crippen molar-refractivity contribution < 1.29 is 13.5 Å². The van der Waals surface area contributed by atoms with Crippen molar-refractivity contribution in [2.45, 2.75) is 19.4 Å². The smallest absolute Gasteiger partial charge is 0.123 e. The first-order valence-electron chi connectivity index (χ1n) is 6.95. The first kappa shape index (κ1) is 15.4. The Morgan fingerprint density at radius 3 is 2.33 bits per heavy atom. The number of hydrogen-bond donors (Lipinski definition) is 1. The second-order valence-corrected chi connectivity index (χ2v) is 4.83. The fourth-order valence-electron chi connectivity index (χ4n) is 2.37. The molecule has 0 aliphatic heterocycles. The van der Waals surface area contributed by atoms with Crippen LogP contribution < -0.4 is 10.1 Å². The maximum Gasteiger partial charge on any atom is 0.123 e. The lowest BCUT2D eigenvalue weighted by Gasteiger charge is -2.21. The van der Waals surface area contributed by atoms with Gasteiger partial charge in [-0.3, -0.25) is 0 Å². The first-order chi connectivity index (χ1) is 10.1. The van der Waals surface area contributed by atoms with Crippen LogP contribution in [0.3, 0.4) is 0 Å². The van der Waals surface area contributed by atoms with Crippen molar-refractivity contribution in [3.8, 4) is 5.75 Å². The molecule has 0 aliphatic rings. The molecule has 0 saturated carbocycles. The van der Waals surface area contributed by atoms with Crippen molar-refractivity contribution in [3.63, 3.8) is 0 Å². The molecule has 1 atom stereocenters. The predicted molar refractivity (Wildman–Crippen MR) is 79.5 cm³/mol. The van der Waals surface area contributed by atoms with Gasteiger partial charge in [0, 0.05) is 11.6 Å². The van der Waals surface area contributed by atoms with Gasteiger partial charge in [0.15, 0.2) is 0 Å². The summed E-state index contributed by atoms with van der Waals surface area (Å²) in [6.07, 6.45) is 0.633. The molecule has 0 bridgehead atoms. The van der Waals surface area contributed by atoms with Gasteiger partial charge in [-0.1, -0.05) is 19.1 Å². The van der Waals surface area contributed by atoms with Crippen LogP contribution in [0.1, 0.15) is 24.1 Å². The van der Waals surface area contributed by atoms with E-state index in [1.165, 1.54) is 24.3 Å². The van der Waals surface area contributed by atoms with Crippen LogP contribution in [0.2, 0.25) is 0 Å². The molecule has 1 unspecified atom stereocenters. The van der Waals surface area contributed by atoms with Gasteiger partial charge in [-0.15, -0.1) is 0 Å². The average Bonchev–Trinajstić information content (AvgIpc) is 2.49. The van der Waals surface area contributed by atoms with Crippen LogP contribution in [0.25, 0.3) is 0 Å². The minimum Gasteiger partial charge on any atom is -0.496 e. The molecule has 112 valence electrons. The Bertz CT molecular complexity index is 584. The topological polar surface area (TPSA) is 21.3 Å². The Kier molecular flexibility index (Phi) is 5.28. The zero-order valence-corrected chi connectivity index (χ0v) is 12.2. The fraction of sp³-hybridized carbons (Fsp3) is 0.294. The van der Waals surface area contributed by atoms with E-state index >= 15 is 0 Å². The maximum absolute atomic E-state index is 13.5. The summed E-state index contributed by atoms with van der Waals surface area (Å²) in [4.78, 5) is 0. The van der Waals surface area contributed by atoms with E-state index in [0.717, 1.165) is 17.7 Å². The number of halogens is 2. The fourth-order valence-corrected chi connectivity index (χ4v) is 2.37. The highest BCUT2D eigenvalue weighted by Crippen LogP contribution is 2.28. The number of benzene rings is 2. The summed E-state index contributed by atoms with van der Waals surface area (Å²) in [5.74, 6) is 0.0827. The van der Waals surface area contributed by atoms with Crippen LogP contribution in [-0.2, 0) is 6.42 Å². The molecular formula is C17H19F2NO. The Hall–Kier alpha value is -1.94. The molecule has 1 N–H and O–H groups in total. The molecule has 0 aromatic heterocycles. The SMILES string of the molecule is CCNC(Cc1ccc(F)cc1)c1cc(F)ccc1OC. The van der Waals surface area contributed by atoms with Gasteiger partial charge >= 0.3 is 0 Å². The minimum atomic E-state index is -0.298. The molecule has 0 saturated heterocycles. The molecule has 2 aromatic rings. The Labute approximate surface area is 123 Å². The zero-order chi connectivity index (χ0) is 15.2. The number of ether oxygens (including phenoxy) is 1. The summed E-state index contributed by atoms with van der Waals surface area (Å²) in [6, 6.07) is 10.7. The van der Waals surface area contributed by atoms with E-state index in [1.54, 1.807) is 25.3 Å². The van der Waals surface area contributed by atoms with E-state index in [-0.39, 0.29) is 17.7 Å².